The van der Waals surface area contributed by atoms with Crippen LogP contribution in [0.15, 0.2) is 0 Å². The highest BCUT2D eigenvalue weighted by Crippen LogP contribution is 2.44. The number of hydrogen-bond donors (Lipinski definition) is 0. The Morgan fingerprint density at radius 3 is 0.929 bits per heavy atom. The van der Waals surface area contributed by atoms with Gasteiger partial charge in [-0.2, -0.15) is 0 Å². The Hall–Kier alpha value is -0.0700. The van der Waals surface area contributed by atoms with Crippen molar-refractivity contribution in [3.05, 3.63) is 0 Å². The van der Waals surface area contributed by atoms with E-state index in [2.05, 4.69) is 69.2 Å². The summed E-state index contributed by atoms with van der Waals surface area (Å²) in [5.41, 5.74) is -0.824. The summed E-state index contributed by atoms with van der Waals surface area (Å²) in [6, 6.07) is 0. The fourth-order valence-corrected chi connectivity index (χ4v) is 3.37. The van der Waals surface area contributed by atoms with Gasteiger partial charge in [-0.05, 0) is 80.0 Å². The summed E-state index contributed by atoms with van der Waals surface area (Å²) in [5, 5.41) is 0. The van der Waals surface area contributed by atoms with Crippen LogP contribution in [-0.4, -0.2) is 5.67 Å². The molecular formula is C27H55F. The highest BCUT2D eigenvalue weighted by Gasteiger charge is 2.41. The smallest absolute Gasteiger partial charge is 0.108 e. The molecule has 1 heteroatoms. The molecule has 28 heavy (non-hydrogen) atoms. The lowest BCUT2D eigenvalue weighted by molar-refractivity contribution is 0.00285. The molecule has 3 aliphatic carbocycles. The van der Waals surface area contributed by atoms with Crippen LogP contribution >= 0.6 is 0 Å². The maximum absolute atomic E-state index is 12.8. The minimum absolute atomic E-state index is 0.653. The summed E-state index contributed by atoms with van der Waals surface area (Å²) in [7, 11) is 0. The van der Waals surface area contributed by atoms with Crippen LogP contribution < -0.4 is 0 Å². The molecule has 0 aromatic heterocycles. The molecule has 0 atom stereocenters. The van der Waals surface area contributed by atoms with Crippen LogP contribution in [0.1, 0.15) is 121 Å². The number of rotatable bonds is 4. The predicted octanol–water partition coefficient (Wildman–Crippen LogP) is 9.57. The maximum atomic E-state index is 12.8. The predicted molar refractivity (Wildman–Crippen MR) is 126 cm³/mol. The van der Waals surface area contributed by atoms with Crippen molar-refractivity contribution in [3.63, 3.8) is 0 Å². The van der Waals surface area contributed by atoms with Gasteiger partial charge in [-0.3, -0.25) is 0 Å². The van der Waals surface area contributed by atoms with Gasteiger partial charge in [0.05, 0.1) is 0 Å². The Morgan fingerprint density at radius 1 is 0.571 bits per heavy atom. The summed E-state index contributed by atoms with van der Waals surface area (Å²) < 4.78 is 12.8. The van der Waals surface area contributed by atoms with Gasteiger partial charge in [-0.1, -0.05) is 88.5 Å². The molecular weight excluding hydrogens is 343 g/mol. The van der Waals surface area contributed by atoms with Crippen LogP contribution in [0.25, 0.3) is 0 Å². The van der Waals surface area contributed by atoms with Crippen molar-refractivity contribution < 1.29 is 4.39 Å². The van der Waals surface area contributed by atoms with E-state index in [1.54, 1.807) is 6.92 Å². The van der Waals surface area contributed by atoms with E-state index < -0.39 is 5.67 Å². The molecule has 0 spiro atoms. The molecule has 0 bridgehead atoms. The molecule has 170 valence electrons. The molecule has 0 saturated heterocycles. The summed E-state index contributed by atoms with van der Waals surface area (Å²) in [5.74, 6) is 7.13. The van der Waals surface area contributed by atoms with E-state index in [4.69, 9.17) is 0 Å². The summed E-state index contributed by atoms with van der Waals surface area (Å²) in [6.07, 6.45) is 9.04. The molecule has 3 fully saturated rings. The molecule has 0 unspecified atom stereocenters. The van der Waals surface area contributed by atoms with Gasteiger partial charge in [0.25, 0.3) is 0 Å². The Bertz CT molecular complexity index is 347. The van der Waals surface area contributed by atoms with Crippen molar-refractivity contribution in [2.24, 2.45) is 47.3 Å². The summed E-state index contributed by atoms with van der Waals surface area (Å²) in [4.78, 5) is 0. The molecule has 3 rings (SSSR count). The SMILES string of the molecule is CC(C)C(C)C.CC(C)C1CC(C)(F)C1.CC(C)C1CC1.CC(C)C1CCC1. The van der Waals surface area contributed by atoms with E-state index in [1.807, 2.05) is 0 Å². The van der Waals surface area contributed by atoms with E-state index in [9.17, 15) is 4.39 Å². The molecule has 0 heterocycles. The molecule has 0 radical (unpaired) electrons. The average molecular weight is 399 g/mol. The Morgan fingerprint density at radius 2 is 0.893 bits per heavy atom. The topological polar surface area (TPSA) is 0 Å². The van der Waals surface area contributed by atoms with Crippen molar-refractivity contribution in [2.75, 3.05) is 0 Å². The maximum Gasteiger partial charge on any atom is 0.108 e. The number of halogens is 1. The minimum Gasteiger partial charge on any atom is -0.244 e. The van der Waals surface area contributed by atoms with Gasteiger partial charge in [0.1, 0.15) is 5.67 Å². The lowest BCUT2D eigenvalue weighted by atomic mass is 9.68. The lowest BCUT2D eigenvalue weighted by Gasteiger charge is -2.41. The Labute approximate surface area is 178 Å². The molecule has 0 N–H and O–H groups in total. The zero-order chi connectivity index (χ0) is 22.1. The first kappa shape index (κ1) is 27.9. The monoisotopic (exact) mass is 398 g/mol. The first-order valence-electron chi connectivity index (χ1n) is 12.5. The van der Waals surface area contributed by atoms with E-state index in [0.717, 1.165) is 48.3 Å². The van der Waals surface area contributed by atoms with Crippen LogP contribution in [0.4, 0.5) is 4.39 Å². The first-order valence-corrected chi connectivity index (χ1v) is 12.5. The van der Waals surface area contributed by atoms with Crippen LogP contribution in [0.2, 0.25) is 0 Å². The average Bonchev–Trinajstić information content (AvgIpc) is 3.28. The minimum atomic E-state index is -0.824. The summed E-state index contributed by atoms with van der Waals surface area (Å²) >= 11 is 0. The molecule has 3 aliphatic rings. The second-order valence-corrected chi connectivity index (χ2v) is 11.8. The Kier molecular flexibility index (Phi) is 13.2. The molecule has 0 nitrogen and oxygen atoms in total. The van der Waals surface area contributed by atoms with Crippen molar-refractivity contribution in [1.82, 2.24) is 0 Å². The van der Waals surface area contributed by atoms with Gasteiger partial charge in [0.2, 0.25) is 0 Å². The van der Waals surface area contributed by atoms with Crippen LogP contribution in [0, 0.1) is 47.3 Å². The van der Waals surface area contributed by atoms with Gasteiger partial charge >= 0.3 is 0 Å². The fraction of sp³-hybridized carbons (Fsp3) is 1.00. The highest BCUT2D eigenvalue weighted by atomic mass is 19.1. The lowest BCUT2D eigenvalue weighted by Crippen LogP contribution is -2.39. The molecule has 3 saturated carbocycles. The second-order valence-electron chi connectivity index (χ2n) is 11.8. The van der Waals surface area contributed by atoms with E-state index >= 15 is 0 Å². The fourth-order valence-electron chi connectivity index (χ4n) is 3.37. The van der Waals surface area contributed by atoms with Gasteiger partial charge in [0, 0.05) is 0 Å². The zero-order valence-electron chi connectivity index (χ0n) is 21.4. The van der Waals surface area contributed by atoms with E-state index in [-0.39, 0.29) is 0 Å². The largest absolute Gasteiger partial charge is 0.244 e. The summed E-state index contributed by atoms with van der Waals surface area (Å²) in [6.45, 7) is 24.2. The van der Waals surface area contributed by atoms with Gasteiger partial charge < -0.3 is 0 Å². The third-order valence-electron chi connectivity index (χ3n) is 7.31. The van der Waals surface area contributed by atoms with Crippen LogP contribution in [0.5, 0.6) is 0 Å². The van der Waals surface area contributed by atoms with Crippen molar-refractivity contribution in [1.29, 1.82) is 0 Å². The van der Waals surface area contributed by atoms with Crippen molar-refractivity contribution in [3.8, 4) is 0 Å². The normalized spacial score (nSPS) is 26.7. The molecule has 0 aromatic carbocycles. The van der Waals surface area contributed by atoms with Gasteiger partial charge in [-0.15, -0.1) is 0 Å². The highest BCUT2D eigenvalue weighted by molar-refractivity contribution is 4.91. The van der Waals surface area contributed by atoms with Crippen molar-refractivity contribution in [2.45, 2.75) is 127 Å². The van der Waals surface area contributed by atoms with Gasteiger partial charge in [-0.25, -0.2) is 4.39 Å². The van der Waals surface area contributed by atoms with E-state index in [1.165, 1.54) is 32.1 Å². The standard InChI is InChI=1S/C8H15F.C7H14.C6H12.C6H14/c1-6(2)7-4-8(3,9)5-7;1-6(2)7-4-3-5-7;1-5(2)6-3-4-6;1-5(2)6(3)4/h6-7H,4-5H2,1-3H3;6-7H,3-5H2,1-2H3;5-6H,3-4H2,1-2H3;5-6H,1-4H3. The van der Waals surface area contributed by atoms with Crippen LogP contribution in [0.3, 0.4) is 0 Å². The van der Waals surface area contributed by atoms with E-state index in [0.29, 0.717) is 11.8 Å². The van der Waals surface area contributed by atoms with Crippen molar-refractivity contribution >= 4 is 0 Å². The quantitative estimate of drug-likeness (QED) is 0.442. The molecule has 0 aliphatic heterocycles. The number of hydrogen-bond acceptors (Lipinski definition) is 0. The van der Waals surface area contributed by atoms with Crippen LogP contribution in [-0.2, 0) is 0 Å². The third kappa shape index (κ3) is 13.2. The molecule has 0 aromatic rings. The Balaban J connectivity index is 0.000000353. The zero-order valence-corrected chi connectivity index (χ0v) is 21.4. The third-order valence-corrected chi connectivity index (χ3v) is 7.31. The number of alkyl halides is 1. The second kappa shape index (κ2) is 13.3. The first-order chi connectivity index (χ1) is 12.8. The van der Waals surface area contributed by atoms with Gasteiger partial charge in [0.15, 0.2) is 0 Å². The molecule has 0 amide bonds.